The predicted molar refractivity (Wildman–Crippen MR) is 73.7 cm³/mol. The average Bonchev–Trinajstić information content (AvgIpc) is 2.45. The van der Waals surface area contributed by atoms with Crippen LogP contribution >= 0.6 is 0 Å². The Morgan fingerprint density at radius 1 is 1.40 bits per heavy atom. The fourth-order valence-corrected chi connectivity index (χ4v) is 1.46. The third kappa shape index (κ3) is 3.73. The molecule has 1 aromatic carbocycles. The minimum Gasteiger partial charge on any atom is -0.482 e. The van der Waals surface area contributed by atoms with Gasteiger partial charge in [-0.3, -0.25) is 4.79 Å². The van der Waals surface area contributed by atoms with E-state index in [0.717, 1.165) is 0 Å². The highest BCUT2D eigenvalue weighted by atomic mass is 16.5. The maximum atomic E-state index is 11.8. The molecule has 104 valence electrons. The van der Waals surface area contributed by atoms with E-state index in [1.54, 1.807) is 31.2 Å². The van der Waals surface area contributed by atoms with Gasteiger partial charge in [0.25, 0.3) is 5.91 Å². The van der Waals surface area contributed by atoms with Crippen molar-refractivity contribution in [2.24, 2.45) is 5.92 Å². The largest absolute Gasteiger partial charge is 0.482 e. The van der Waals surface area contributed by atoms with E-state index in [1.807, 2.05) is 19.9 Å². The molecule has 1 N–H and O–H groups in total. The van der Waals surface area contributed by atoms with Gasteiger partial charge in [0.05, 0.1) is 11.6 Å². The lowest BCUT2D eigenvalue weighted by molar-refractivity contribution is -0.124. The molecule has 1 amide bonds. The minimum atomic E-state index is -0.935. The third-order valence-corrected chi connectivity index (χ3v) is 3.15. The first-order chi connectivity index (χ1) is 9.42. The number of nitriles is 2. The summed E-state index contributed by atoms with van der Waals surface area (Å²) in [6, 6.07) is 10.8. The summed E-state index contributed by atoms with van der Waals surface area (Å²) >= 11 is 0. The van der Waals surface area contributed by atoms with E-state index in [1.165, 1.54) is 0 Å². The number of hydrogen-bond acceptors (Lipinski definition) is 4. The highest BCUT2D eigenvalue weighted by Crippen LogP contribution is 2.17. The van der Waals surface area contributed by atoms with Crippen LogP contribution in [0.2, 0.25) is 0 Å². The van der Waals surface area contributed by atoms with Crippen LogP contribution in [0.1, 0.15) is 26.3 Å². The first-order valence-corrected chi connectivity index (χ1v) is 6.27. The van der Waals surface area contributed by atoms with Gasteiger partial charge in [-0.1, -0.05) is 26.0 Å². The van der Waals surface area contributed by atoms with Gasteiger partial charge in [-0.25, -0.2) is 0 Å². The quantitative estimate of drug-likeness (QED) is 0.887. The average molecular weight is 271 g/mol. The zero-order valence-corrected chi connectivity index (χ0v) is 11.8. The Balaban J connectivity index is 2.65. The summed E-state index contributed by atoms with van der Waals surface area (Å²) < 4.78 is 5.32. The van der Waals surface area contributed by atoms with Crippen LogP contribution in [-0.4, -0.2) is 18.1 Å². The number of nitrogens with one attached hydrogen (secondary N) is 1. The van der Waals surface area contributed by atoms with Gasteiger partial charge in [0, 0.05) is 0 Å². The van der Waals surface area contributed by atoms with Crippen molar-refractivity contribution in [2.75, 3.05) is 6.61 Å². The molecule has 0 spiro atoms. The van der Waals surface area contributed by atoms with Crippen LogP contribution in [0, 0.1) is 28.6 Å². The third-order valence-electron chi connectivity index (χ3n) is 3.15. The molecule has 0 aromatic heterocycles. The second-order valence-electron chi connectivity index (χ2n) is 4.91. The standard InChI is InChI=1S/C15H17N3O2/c1-11(2)15(3,10-17)18-14(19)9-20-13-7-5-4-6-12(13)8-16/h4-7,11H,9H2,1-3H3,(H,18,19)/t15-/m0/s1. The van der Waals surface area contributed by atoms with Gasteiger partial charge in [-0.05, 0) is 25.0 Å². The Labute approximate surface area is 118 Å². The second-order valence-corrected chi connectivity index (χ2v) is 4.91. The zero-order valence-electron chi connectivity index (χ0n) is 11.8. The number of carbonyl (C=O) groups excluding carboxylic acids is 1. The molecule has 5 nitrogen and oxygen atoms in total. The first kappa shape index (κ1) is 15.5. The van der Waals surface area contributed by atoms with E-state index in [0.29, 0.717) is 11.3 Å². The molecule has 0 heterocycles. The molecule has 0 aliphatic heterocycles. The number of ether oxygens (including phenoxy) is 1. The lowest BCUT2D eigenvalue weighted by Crippen LogP contribution is -2.50. The van der Waals surface area contributed by atoms with Crippen molar-refractivity contribution in [1.29, 1.82) is 10.5 Å². The highest BCUT2D eigenvalue weighted by molar-refractivity contribution is 5.79. The van der Waals surface area contributed by atoms with E-state index in [9.17, 15) is 4.79 Å². The van der Waals surface area contributed by atoms with Crippen LogP contribution in [0.3, 0.4) is 0 Å². The summed E-state index contributed by atoms with van der Waals surface area (Å²) in [5.74, 6) is -0.0632. The lowest BCUT2D eigenvalue weighted by Gasteiger charge is -2.27. The number of nitrogens with zero attached hydrogens (tertiary/aromatic N) is 2. The van der Waals surface area contributed by atoms with Gasteiger partial charge in [0.2, 0.25) is 0 Å². The Bertz CT molecular complexity index is 569. The molecule has 1 aromatic rings. The van der Waals surface area contributed by atoms with Crippen molar-refractivity contribution < 1.29 is 9.53 Å². The molecule has 0 saturated heterocycles. The number of amides is 1. The molecule has 5 heteroatoms. The SMILES string of the molecule is CC(C)[C@](C)(C#N)NC(=O)COc1ccccc1C#N. The van der Waals surface area contributed by atoms with Crippen molar-refractivity contribution in [2.45, 2.75) is 26.3 Å². The predicted octanol–water partition coefficient (Wildman–Crippen LogP) is 1.99. The monoisotopic (exact) mass is 271 g/mol. The molecule has 1 atom stereocenters. The minimum absolute atomic E-state index is 0.0251. The van der Waals surface area contributed by atoms with Crippen molar-refractivity contribution in [3.63, 3.8) is 0 Å². The second kappa shape index (κ2) is 6.58. The summed E-state index contributed by atoms with van der Waals surface area (Å²) in [4.78, 5) is 11.8. The zero-order chi connectivity index (χ0) is 15.2. The van der Waals surface area contributed by atoms with Crippen LogP contribution in [0.25, 0.3) is 0 Å². The number of hydrogen-bond donors (Lipinski definition) is 1. The van der Waals surface area contributed by atoms with Gasteiger partial charge in [0.15, 0.2) is 6.61 Å². The van der Waals surface area contributed by atoms with Crippen LogP contribution in [0.5, 0.6) is 5.75 Å². The Kier molecular flexibility index (Phi) is 5.11. The first-order valence-electron chi connectivity index (χ1n) is 6.27. The van der Waals surface area contributed by atoms with E-state index in [2.05, 4.69) is 11.4 Å². The Hall–Kier alpha value is -2.53. The van der Waals surface area contributed by atoms with Crippen molar-refractivity contribution in [1.82, 2.24) is 5.32 Å². The molecular weight excluding hydrogens is 254 g/mol. The van der Waals surface area contributed by atoms with Gasteiger partial charge in [0.1, 0.15) is 17.4 Å². The van der Waals surface area contributed by atoms with Crippen LogP contribution in [0.15, 0.2) is 24.3 Å². The molecule has 0 unspecified atom stereocenters. The molecule has 0 fully saturated rings. The fourth-order valence-electron chi connectivity index (χ4n) is 1.46. The molecule has 1 rings (SSSR count). The lowest BCUT2D eigenvalue weighted by atomic mass is 9.90. The van der Waals surface area contributed by atoms with E-state index in [4.69, 9.17) is 15.3 Å². The molecule has 20 heavy (non-hydrogen) atoms. The molecule has 0 bridgehead atoms. The van der Waals surface area contributed by atoms with Gasteiger partial charge in [-0.15, -0.1) is 0 Å². The van der Waals surface area contributed by atoms with E-state index < -0.39 is 11.4 Å². The van der Waals surface area contributed by atoms with Crippen molar-refractivity contribution in [3.8, 4) is 17.9 Å². The topological polar surface area (TPSA) is 85.9 Å². The van der Waals surface area contributed by atoms with Gasteiger partial charge < -0.3 is 10.1 Å². The Morgan fingerprint density at radius 2 is 2.05 bits per heavy atom. The van der Waals surface area contributed by atoms with Crippen molar-refractivity contribution >= 4 is 5.91 Å². The van der Waals surface area contributed by atoms with E-state index in [-0.39, 0.29) is 12.5 Å². The van der Waals surface area contributed by atoms with Gasteiger partial charge in [-0.2, -0.15) is 10.5 Å². The maximum absolute atomic E-state index is 11.8. The summed E-state index contributed by atoms with van der Waals surface area (Å²) in [6.07, 6.45) is 0. The maximum Gasteiger partial charge on any atom is 0.259 e. The number of benzene rings is 1. The fraction of sp³-hybridized carbons (Fsp3) is 0.400. The van der Waals surface area contributed by atoms with Crippen LogP contribution in [0.4, 0.5) is 0 Å². The summed E-state index contributed by atoms with van der Waals surface area (Å²) in [7, 11) is 0. The van der Waals surface area contributed by atoms with Crippen LogP contribution in [-0.2, 0) is 4.79 Å². The number of rotatable bonds is 5. The summed E-state index contributed by atoms with van der Waals surface area (Å²) in [5, 5.41) is 20.7. The smallest absolute Gasteiger partial charge is 0.259 e. The normalized spacial score (nSPS) is 12.9. The summed E-state index contributed by atoms with van der Waals surface area (Å²) in [5.41, 5.74) is -0.568. The molecule has 0 radical (unpaired) electrons. The van der Waals surface area contributed by atoms with Crippen molar-refractivity contribution in [3.05, 3.63) is 29.8 Å². The van der Waals surface area contributed by atoms with E-state index >= 15 is 0 Å². The molecule has 0 saturated carbocycles. The number of para-hydroxylation sites is 1. The number of carbonyl (C=O) groups is 1. The summed E-state index contributed by atoms with van der Waals surface area (Å²) in [6.45, 7) is 5.14. The highest BCUT2D eigenvalue weighted by Gasteiger charge is 2.30. The van der Waals surface area contributed by atoms with Gasteiger partial charge >= 0.3 is 0 Å². The van der Waals surface area contributed by atoms with Crippen LogP contribution < -0.4 is 10.1 Å². The molecule has 0 aliphatic rings. The Morgan fingerprint density at radius 3 is 2.60 bits per heavy atom. The molecule has 0 aliphatic carbocycles. The molecular formula is C15H17N3O2.